The Bertz CT molecular complexity index is 350. The van der Waals surface area contributed by atoms with Crippen molar-refractivity contribution in [2.45, 2.75) is 45.1 Å². The van der Waals surface area contributed by atoms with Gasteiger partial charge in [0.1, 0.15) is 6.10 Å². The summed E-state index contributed by atoms with van der Waals surface area (Å²) in [7, 11) is 0. The maximum Gasteiger partial charge on any atom is 0.240 e. The van der Waals surface area contributed by atoms with Crippen LogP contribution in [-0.2, 0) is 0 Å². The van der Waals surface area contributed by atoms with Gasteiger partial charge in [0, 0.05) is 11.8 Å². The van der Waals surface area contributed by atoms with Crippen LogP contribution in [0.4, 0.5) is 5.95 Å². The van der Waals surface area contributed by atoms with Crippen LogP contribution in [-0.4, -0.2) is 16.1 Å². The average Bonchev–Trinajstić information content (AvgIpc) is 2.29. The summed E-state index contributed by atoms with van der Waals surface area (Å²) in [4.78, 5) is 8.29. The fraction of sp³-hybridized carbons (Fsp3) is 0.636. The lowest BCUT2D eigenvalue weighted by Gasteiger charge is -2.22. The zero-order chi connectivity index (χ0) is 11.4. The van der Waals surface area contributed by atoms with E-state index in [9.17, 15) is 0 Å². The molecule has 0 spiro atoms. The maximum atomic E-state index is 5.83. The van der Waals surface area contributed by atoms with Crippen molar-refractivity contribution in [3.8, 4) is 5.88 Å². The number of aryl methyl sites for hydroxylation is 1. The third-order valence-corrected chi connectivity index (χ3v) is 2.80. The van der Waals surface area contributed by atoms with Gasteiger partial charge in [-0.05, 0) is 32.6 Å². The molecule has 1 fully saturated rings. The number of nitrogens with one attached hydrogen (secondary N) is 1. The molecule has 0 radical (unpaired) electrons. The molecule has 0 atom stereocenters. The molecule has 5 heteroatoms. The molecule has 1 saturated carbocycles. The van der Waals surface area contributed by atoms with E-state index in [1.165, 1.54) is 19.3 Å². The molecule has 0 saturated heterocycles. The normalized spacial score (nSPS) is 17.1. The molecule has 0 bridgehead atoms. The first-order valence-electron chi connectivity index (χ1n) is 5.77. The van der Waals surface area contributed by atoms with Crippen LogP contribution in [0.5, 0.6) is 5.88 Å². The number of rotatable bonds is 3. The molecule has 0 unspecified atom stereocenters. The van der Waals surface area contributed by atoms with Crippen LogP contribution in [0.3, 0.4) is 0 Å². The van der Waals surface area contributed by atoms with Crippen LogP contribution in [0.1, 0.15) is 37.8 Å². The molecule has 1 aliphatic rings. The van der Waals surface area contributed by atoms with Gasteiger partial charge in [-0.15, -0.1) is 0 Å². The number of nitrogens with zero attached hydrogens (tertiary/aromatic N) is 2. The summed E-state index contributed by atoms with van der Waals surface area (Å²) in [5.74, 6) is 6.32. The van der Waals surface area contributed by atoms with Gasteiger partial charge in [-0.1, -0.05) is 6.42 Å². The number of anilines is 1. The SMILES string of the molecule is Cc1cc(OC2CCCCC2)nc(NN)n1. The molecule has 1 aromatic rings. The molecule has 0 aliphatic heterocycles. The Morgan fingerprint density at radius 2 is 2.06 bits per heavy atom. The van der Waals surface area contributed by atoms with Gasteiger partial charge in [0.05, 0.1) is 0 Å². The third-order valence-electron chi connectivity index (χ3n) is 2.80. The zero-order valence-electron chi connectivity index (χ0n) is 9.57. The fourth-order valence-corrected chi connectivity index (χ4v) is 2.02. The van der Waals surface area contributed by atoms with Crippen LogP contribution < -0.4 is 16.0 Å². The molecule has 16 heavy (non-hydrogen) atoms. The summed E-state index contributed by atoms with van der Waals surface area (Å²) >= 11 is 0. The largest absolute Gasteiger partial charge is 0.474 e. The van der Waals surface area contributed by atoms with Crippen LogP contribution in [0, 0.1) is 6.92 Å². The van der Waals surface area contributed by atoms with Gasteiger partial charge in [-0.25, -0.2) is 10.8 Å². The van der Waals surface area contributed by atoms with Crippen molar-refractivity contribution in [1.82, 2.24) is 9.97 Å². The Morgan fingerprint density at radius 3 is 2.75 bits per heavy atom. The molecular weight excluding hydrogens is 204 g/mol. The average molecular weight is 222 g/mol. The fourth-order valence-electron chi connectivity index (χ4n) is 2.02. The molecule has 0 aromatic carbocycles. The second-order valence-electron chi connectivity index (χ2n) is 4.19. The topological polar surface area (TPSA) is 73.1 Å². The molecule has 1 aromatic heterocycles. The van der Waals surface area contributed by atoms with E-state index in [1.807, 2.05) is 13.0 Å². The molecule has 1 heterocycles. The molecule has 0 amide bonds. The number of hydrogen-bond donors (Lipinski definition) is 2. The number of nitrogens with two attached hydrogens (primary N) is 1. The highest BCUT2D eigenvalue weighted by molar-refractivity contribution is 5.29. The van der Waals surface area contributed by atoms with Crippen molar-refractivity contribution in [3.63, 3.8) is 0 Å². The maximum absolute atomic E-state index is 5.83. The van der Waals surface area contributed by atoms with Gasteiger partial charge in [-0.2, -0.15) is 4.98 Å². The molecular formula is C11H18N4O. The van der Waals surface area contributed by atoms with Crippen LogP contribution >= 0.6 is 0 Å². The van der Waals surface area contributed by atoms with E-state index >= 15 is 0 Å². The molecule has 2 rings (SSSR count). The van der Waals surface area contributed by atoms with Crippen LogP contribution in [0.15, 0.2) is 6.07 Å². The lowest BCUT2D eigenvalue weighted by molar-refractivity contribution is 0.148. The standard InChI is InChI=1S/C11H18N4O/c1-8-7-10(14-11(13-8)15-12)16-9-5-3-2-4-6-9/h7,9H,2-6,12H2,1H3,(H,13,14,15). The number of ether oxygens (including phenoxy) is 1. The summed E-state index contributed by atoms with van der Waals surface area (Å²) in [5, 5.41) is 0. The first kappa shape index (κ1) is 11.1. The zero-order valence-corrected chi connectivity index (χ0v) is 9.57. The first-order valence-corrected chi connectivity index (χ1v) is 5.77. The molecule has 1 aliphatic carbocycles. The van der Waals surface area contributed by atoms with E-state index in [0.29, 0.717) is 17.9 Å². The van der Waals surface area contributed by atoms with E-state index in [2.05, 4.69) is 15.4 Å². The van der Waals surface area contributed by atoms with E-state index in [-0.39, 0.29) is 0 Å². The summed E-state index contributed by atoms with van der Waals surface area (Å²) in [6.07, 6.45) is 6.35. The minimum Gasteiger partial charge on any atom is -0.474 e. The number of nitrogen functional groups attached to an aromatic ring is 1. The van der Waals surface area contributed by atoms with Gasteiger partial charge >= 0.3 is 0 Å². The Morgan fingerprint density at radius 1 is 1.31 bits per heavy atom. The quantitative estimate of drug-likeness (QED) is 0.602. The van der Waals surface area contributed by atoms with Crippen molar-refractivity contribution in [2.75, 3.05) is 5.43 Å². The van der Waals surface area contributed by atoms with Crippen molar-refractivity contribution >= 4 is 5.95 Å². The molecule has 5 nitrogen and oxygen atoms in total. The smallest absolute Gasteiger partial charge is 0.240 e. The Balaban J connectivity index is 2.04. The number of aromatic nitrogens is 2. The minimum absolute atomic E-state index is 0.300. The highest BCUT2D eigenvalue weighted by Gasteiger charge is 2.15. The Hall–Kier alpha value is -1.36. The van der Waals surface area contributed by atoms with Crippen molar-refractivity contribution in [1.29, 1.82) is 0 Å². The summed E-state index contributed by atoms with van der Waals surface area (Å²) in [6, 6.07) is 1.84. The van der Waals surface area contributed by atoms with E-state index in [1.54, 1.807) is 0 Å². The predicted molar refractivity (Wildman–Crippen MR) is 62.1 cm³/mol. The monoisotopic (exact) mass is 222 g/mol. The molecule has 3 N–H and O–H groups in total. The summed E-state index contributed by atoms with van der Waals surface area (Å²) in [6.45, 7) is 1.90. The minimum atomic E-state index is 0.300. The molecule has 88 valence electrons. The highest BCUT2D eigenvalue weighted by Crippen LogP contribution is 2.22. The number of hydrogen-bond acceptors (Lipinski definition) is 5. The van der Waals surface area contributed by atoms with Crippen molar-refractivity contribution < 1.29 is 4.74 Å². The second kappa shape index (κ2) is 5.12. The highest BCUT2D eigenvalue weighted by atomic mass is 16.5. The summed E-state index contributed by atoms with van der Waals surface area (Å²) in [5.41, 5.74) is 3.30. The van der Waals surface area contributed by atoms with E-state index in [4.69, 9.17) is 10.6 Å². The third kappa shape index (κ3) is 2.82. The van der Waals surface area contributed by atoms with Gasteiger partial charge in [0.25, 0.3) is 0 Å². The van der Waals surface area contributed by atoms with Crippen LogP contribution in [0.2, 0.25) is 0 Å². The first-order chi connectivity index (χ1) is 7.78. The van der Waals surface area contributed by atoms with Gasteiger partial charge < -0.3 is 4.74 Å². The number of hydrazine groups is 1. The van der Waals surface area contributed by atoms with Gasteiger partial charge in [-0.3, -0.25) is 5.43 Å². The van der Waals surface area contributed by atoms with Crippen LogP contribution in [0.25, 0.3) is 0 Å². The summed E-state index contributed by atoms with van der Waals surface area (Å²) < 4.78 is 5.83. The van der Waals surface area contributed by atoms with Gasteiger partial charge in [0.2, 0.25) is 11.8 Å². The lowest BCUT2D eigenvalue weighted by Crippen LogP contribution is -2.21. The predicted octanol–water partition coefficient (Wildman–Crippen LogP) is 1.78. The lowest BCUT2D eigenvalue weighted by atomic mass is 9.98. The Kier molecular flexibility index (Phi) is 3.56. The van der Waals surface area contributed by atoms with Gasteiger partial charge in [0.15, 0.2) is 0 Å². The van der Waals surface area contributed by atoms with Crippen molar-refractivity contribution in [3.05, 3.63) is 11.8 Å². The van der Waals surface area contributed by atoms with E-state index < -0.39 is 0 Å². The Labute approximate surface area is 95.4 Å². The van der Waals surface area contributed by atoms with E-state index in [0.717, 1.165) is 18.5 Å². The van der Waals surface area contributed by atoms with Crippen molar-refractivity contribution in [2.24, 2.45) is 5.84 Å². The second-order valence-corrected chi connectivity index (χ2v) is 4.19.